The van der Waals surface area contributed by atoms with Gasteiger partial charge >= 0.3 is 0 Å². The molecule has 1 saturated heterocycles. The molecule has 1 atom stereocenters. The van der Waals surface area contributed by atoms with Gasteiger partial charge in [0.15, 0.2) is 5.65 Å². The van der Waals surface area contributed by atoms with Crippen LogP contribution in [0.15, 0.2) is 35.1 Å². The Bertz CT molecular complexity index is 1250. The lowest BCUT2D eigenvalue weighted by atomic mass is 10.0. The molecule has 0 bridgehead atoms. The molecule has 7 heteroatoms. The number of aromatic nitrogens is 3. The Labute approximate surface area is 193 Å². The van der Waals surface area contributed by atoms with Gasteiger partial charge in [0.2, 0.25) is 0 Å². The molecule has 7 nitrogen and oxygen atoms in total. The second kappa shape index (κ2) is 8.13. The topological polar surface area (TPSA) is 73.7 Å². The lowest BCUT2D eigenvalue weighted by molar-refractivity contribution is 0.0732. The molecule has 33 heavy (non-hydrogen) atoms. The number of nitrogens with zero attached hydrogens (tertiary/aromatic N) is 4. The Kier molecular flexibility index (Phi) is 5.09. The van der Waals surface area contributed by atoms with Crippen LogP contribution in [-0.2, 0) is 13.0 Å². The zero-order valence-electron chi connectivity index (χ0n) is 19.2. The largest absolute Gasteiger partial charge is 0.330 e. The Morgan fingerprint density at radius 1 is 1.06 bits per heavy atom. The van der Waals surface area contributed by atoms with E-state index in [4.69, 9.17) is 4.98 Å². The van der Waals surface area contributed by atoms with Crippen molar-refractivity contribution in [3.8, 4) is 0 Å². The second-order valence-corrected chi connectivity index (χ2v) is 9.93. The smallest absolute Gasteiger partial charge is 0.277 e. The number of aromatic amines is 1. The van der Waals surface area contributed by atoms with Crippen molar-refractivity contribution in [3.05, 3.63) is 68.8 Å². The number of fused-ring (bicyclic) bond motifs is 2. The summed E-state index contributed by atoms with van der Waals surface area (Å²) in [5, 5.41) is 3.31. The summed E-state index contributed by atoms with van der Waals surface area (Å²) in [6, 6.07) is 10.3. The second-order valence-electron chi connectivity index (χ2n) is 9.93. The number of nitrogens with one attached hydrogen (secondary N) is 1. The third kappa shape index (κ3) is 3.59. The van der Waals surface area contributed by atoms with Gasteiger partial charge in [0.25, 0.3) is 11.5 Å². The SMILES string of the molecule is Cc1ccc(C(=O)N2CCCC2c2cc3nc4c(c(=O)n3[nH]2)CN(C2CCCC2)CC4)cc1. The van der Waals surface area contributed by atoms with Gasteiger partial charge in [-0.1, -0.05) is 30.5 Å². The minimum atomic E-state index is -0.0630. The summed E-state index contributed by atoms with van der Waals surface area (Å²) in [6.07, 6.45) is 7.74. The maximum Gasteiger partial charge on any atom is 0.277 e. The van der Waals surface area contributed by atoms with E-state index in [-0.39, 0.29) is 17.5 Å². The Morgan fingerprint density at radius 3 is 2.64 bits per heavy atom. The molecule has 2 aromatic heterocycles. The molecule has 1 amide bonds. The predicted molar refractivity (Wildman–Crippen MR) is 126 cm³/mol. The molecule has 6 rings (SSSR count). The number of hydrogen-bond acceptors (Lipinski definition) is 4. The van der Waals surface area contributed by atoms with Crippen LogP contribution in [0.1, 0.15) is 77.4 Å². The van der Waals surface area contributed by atoms with E-state index < -0.39 is 0 Å². The van der Waals surface area contributed by atoms with Gasteiger partial charge in [-0.25, -0.2) is 9.50 Å². The highest BCUT2D eigenvalue weighted by atomic mass is 16.2. The summed E-state index contributed by atoms with van der Waals surface area (Å²) < 4.78 is 1.60. The van der Waals surface area contributed by atoms with E-state index >= 15 is 0 Å². The number of H-pyrrole nitrogens is 1. The molecule has 1 aliphatic carbocycles. The van der Waals surface area contributed by atoms with Gasteiger partial charge in [0.1, 0.15) is 0 Å². The van der Waals surface area contributed by atoms with Crippen LogP contribution in [0, 0.1) is 6.92 Å². The average molecular weight is 446 g/mol. The summed E-state index contributed by atoms with van der Waals surface area (Å²) in [5.41, 5.74) is 5.20. The molecular formula is C26H31N5O2. The molecule has 2 fully saturated rings. The van der Waals surface area contributed by atoms with E-state index in [0.29, 0.717) is 23.8 Å². The lowest BCUT2D eigenvalue weighted by Crippen LogP contribution is -2.41. The van der Waals surface area contributed by atoms with E-state index in [2.05, 4.69) is 10.00 Å². The number of carbonyl (C=O) groups excluding carboxylic acids is 1. The maximum atomic E-state index is 13.4. The normalized spacial score (nSPS) is 21.7. The molecule has 2 aliphatic heterocycles. The van der Waals surface area contributed by atoms with Crippen molar-refractivity contribution in [2.24, 2.45) is 0 Å². The summed E-state index contributed by atoms with van der Waals surface area (Å²) in [6.45, 7) is 4.43. The average Bonchev–Trinajstić information content (AvgIpc) is 3.59. The van der Waals surface area contributed by atoms with Crippen molar-refractivity contribution < 1.29 is 4.79 Å². The Morgan fingerprint density at radius 2 is 1.85 bits per heavy atom. The molecule has 1 N–H and O–H groups in total. The molecule has 3 aliphatic rings. The first-order valence-electron chi connectivity index (χ1n) is 12.3. The fourth-order valence-electron chi connectivity index (χ4n) is 5.97. The van der Waals surface area contributed by atoms with Crippen LogP contribution in [0.2, 0.25) is 0 Å². The molecule has 1 aromatic carbocycles. The van der Waals surface area contributed by atoms with E-state index in [1.807, 2.05) is 42.2 Å². The first-order valence-corrected chi connectivity index (χ1v) is 12.3. The molecule has 1 unspecified atom stereocenters. The van der Waals surface area contributed by atoms with Crippen molar-refractivity contribution in [3.63, 3.8) is 0 Å². The van der Waals surface area contributed by atoms with Crippen LogP contribution in [0.25, 0.3) is 5.65 Å². The first-order chi connectivity index (χ1) is 16.1. The number of rotatable bonds is 3. The molecule has 1 saturated carbocycles. The molecule has 4 heterocycles. The summed E-state index contributed by atoms with van der Waals surface area (Å²) >= 11 is 0. The molecule has 0 spiro atoms. The monoisotopic (exact) mass is 445 g/mol. The van der Waals surface area contributed by atoms with Crippen molar-refractivity contribution in [2.45, 2.75) is 70.5 Å². The number of likely N-dealkylation sites (tertiary alicyclic amines) is 1. The van der Waals surface area contributed by atoms with Gasteiger partial charge in [-0.05, 0) is 44.7 Å². The number of carbonyl (C=O) groups is 1. The highest BCUT2D eigenvalue weighted by molar-refractivity contribution is 5.94. The van der Waals surface area contributed by atoms with Crippen LogP contribution < -0.4 is 5.56 Å². The van der Waals surface area contributed by atoms with Gasteiger partial charge in [-0.15, -0.1) is 0 Å². The summed E-state index contributed by atoms with van der Waals surface area (Å²) in [7, 11) is 0. The third-order valence-electron chi connectivity index (χ3n) is 7.82. The molecule has 0 radical (unpaired) electrons. The van der Waals surface area contributed by atoms with Crippen molar-refractivity contribution in [2.75, 3.05) is 13.1 Å². The Balaban J connectivity index is 1.31. The zero-order valence-corrected chi connectivity index (χ0v) is 19.2. The lowest BCUT2D eigenvalue weighted by Gasteiger charge is -2.32. The van der Waals surface area contributed by atoms with Crippen molar-refractivity contribution in [1.29, 1.82) is 0 Å². The standard InChI is InChI=1S/C26H31N5O2/c1-17-8-10-18(11-9-17)25(32)30-13-4-7-23(30)22-15-24-27-21-12-14-29(19-5-2-3-6-19)16-20(21)26(33)31(24)28-22/h8-11,15,19,23,28H,2-7,12-14,16H2,1H3. The van der Waals surface area contributed by atoms with E-state index in [9.17, 15) is 9.59 Å². The van der Waals surface area contributed by atoms with Gasteiger partial charge in [0, 0.05) is 43.7 Å². The van der Waals surface area contributed by atoms with Crippen molar-refractivity contribution in [1.82, 2.24) is 24.4 Å². The predicted octanol–water partition coefficient (Wildman–Crippen LogP) is 3.61. The van der Waals surface area contributed by atoms with Gasteiger partial charge < -0.3 is 4.90 Å². The first kappa shape index (κ1) is 20.7. The van der Waals surface area contributed by atoms with Crippen molar-refractivity contribution >= 4 is 11.6 Å². The van der Waals surface area contributed by atoms with Gasteiger partial charge in [-0.3, -0.25) is 19.6 Å². The van der Waals surface area contributed by atoms with Crippen LogP contribution in [-0.4, -0.2) is 49.4 Å². The van der Waals surface area contributed by atoms with E-state index in [0.717, 1.165) is 54.9 Å². The molecule has 172 valence electrons. The third-order valence-corrected chi connectivity index (χ3v) is 7.82. The van der Waals surface area contributed by atoms with E-state index in [1.165, 1.54) is 25.7 Å². The van der Waals surface area contributed by atoms with Crippen LogP contribution in [0.5, 0.6) is 0 Å². The number of benzene rings is 1. The number of amides is 1. The minimum absolute atomic E-state index is 0.0124. The van der Waals surface area contributed by atoms with E-state index in [1.54, 1.807) is 4.52 Å². The van der Waals surface area contributed by atoms with Crippen LogP contribution >= 0.6 is 0 Å². The fourth-order valence-corrected chi connectivity index (χ4v) is 5.97. The van der Waals surface area contributed by atoms with Crippen LogP contribution in [0.3, 0.4) is 0 Å². The van der Waals surface area contributed by atoms with Gasteiger partial charge in [0.05, 0.1) is 23.0 Å². The highest BCUT2D eigenvalue weighted by Crippen LogP contribution is 2.33. The summed E-state index contributed by atoms with van der Waals surface area (Å²) in [5.74, 6) is 0.0444. The highest BCUT2D eigenvalue weighted by Gasteiger charge is 2.33. The maximum absolute atomic E-state index is 13.4. The quantitative estimate of drug-likeness (QED) is 0.668. The number of aryl methyl sites for hydroxylation is 1. The molecule has 3 aromatic rings. The number of hydrogen-bond donors (Lipinski definition) is 1. The summed E-state index contributed by atoms with van der Waals surface area (Å²) in [4.78, 5) is 35.9. The minimum Gasteiger partial charge on any atom is -0.330 e. The zero-order chi connectivity index (χ0) is 22.5. The van der Waals surface area contributed by atoms with Gasteiger partial charge in [-0.2, -0.15) is 0 Å². The molecular weight excluding hydrogens is 414 g/mol. The van der Waals surface area contributed by atoms with Crippen LogP contribution in [0.4, 0.5) is 0 Å². The Hall–Kier alpha value is -2.93. The fraction of sp³-hybridized carbons (Fsp3) is 0.500.